The number of benzene rings is 2. The van der Waals surface area contributed by atoms with Crippen LogP contribution in [0.2, 0.25) is 0 Å². The van der Waals surface area contributed by atoms with Gasteiger partial charge in [0.15, 0.2) is 4.96 Å². The molecule has 2 aromatic heterocycles. The molecule has 4 nitrogen and oxygen atoms in total. The number of hydrogen-bond acceptors (Lipinski definition) is 3. The van der Waals surface area contributed by atoms with Crippen LogP contribution in [0.1, 0.15) is 11.3 Å². The van der Waals surface area contributed by atoms with Gasteiger partial charge in [0.2, 0.25) is 5.91 Å². The Morgan fingerprint density at radius 3 is 2.50 bits per heavy atom. The summed E-state index contributed by atoms with van der Waals surface area (Å²) in [4.78, 5) is 17.4. The van der Waals surface area contributed by atoms with Crippen LogP contribution >= 0.6 is 11.3 Å². The third-order valence-electron chi connectivity index (χ3n) is 4.29. The van der Waals surface area contributed by atoms with Crippen LogP contribution in [-0.4, -0.2) is 15.3 Å². The molecule has 0 unspecified atom stereocenters. The highest BCUT2D eigenvalue weighted by Crippen LogP contribution is 2.24. The van der Waals surface area contributed by atoms with Crippen LogP contribution in [0.5, 0.6) is 0 Å². The first-order valence-corrected chi connectivity index (χ1v) is 9.30. The molecule has 0 saturated carbocycles. The Labute approximate surface area is 162 Å². The molecular formula is C20H14F3N3OS. The van der Waals surface area contributed by atoms with Crippen LogP contribution < -0.4 is 5.32 Å². The van der Waals surface area contributed by atoms with Gasteiger partial charge < -0.3 is 5.32 Å². The van der Waals surface area contributed by atoms with E-state index < -0.39 is 11.6 Å². The fourth-order valence-electron chi connectivity index (χ4n) is 2.83. The number of halogens is 3. The monoisotopic (exact) mass is 401 g/mol. The average molecular weight is 401 g/mol. The third kappa shape index (κ3) is 3.63. The van der Waals surface area contributed by atoms with E-state index in [2.05, 4.69) is 10.3 Å². The van der Waals surface area contributed by atoms with Crippen LogP contribution in [0.3, 0.4) is 0 Å². The third-order valence-corrected chi connectivity index (χ3v) is 5.18. The number of rotatable bonds is 5. The molecule has 0 fully saturated rings. The number of nitrogens with zero attached hydrogens (tertiary/aromatic N) is 2. The maximum absolute atomic E-state index is 13.6. The lowest BCUT2D eigenvalue weighted by molar-refractivity contribution is -0.120. The second-order valence-corrected chi connectivity index (χ2v) is 7.00. The van der Waals surface area contributed by atoms with E-state index in [0.29, 0.717) is 16.3 Å². The summed E-state index contributed by atoms with van der Waals surface area (Å²) in [6.45, 7) is -0.227. The highest BCUT2D eigenvalue weighted by Gasteiger charge is 2.14. The van der Waals surface area contributed by atoms with E-state index in [1.807, 2.05) is 0 Å². The van der Waals surface area contributed by atoms with Crippen molar-refractivity contribution in [2.75, 3.05) is 0 Å². The molecular weight excluding hydrogens is 387 g/mol. The number of carbonyl (C=O) groups excluding carboxylic acids is 1. The minimum absolute atomic E-state index is 0.0370. The largest absolute Gasteiger partial charge is 0.351 e. The van der Waals surface area contributed by atoms with Crippen LogP contribution in [-0.2, 0) is 17.8 Å². The van der Waals surface area contributed by atoms with Gasteiger partial charge in [-0.2, -0.15) is 0 Å². The van der Waals surface area contributed by atoms with Crippen molar-refractivity contribution in [1.29, 1.82) is 0 Å². The van der Waals surface area contributed by atoms with Crippen molar-refractivity contribution in [3.05, 3.63) is 82.8 Å². The second-order valence-electron chi connectivity index (χ2n) is 6.17. The zero-order valence-electron chi connectivity index (χ0n) is 14.5. The molecule has 1 amide bonds. The first kappa shape index (κ1) is 18.2. The molecule has 1 N–H and O–H groups in total. The summed E-state index contributed by atoms with van der Waals surface area (Å²) in [6, 6.07) is 9.56. The van der Waals surface area contributed by atoms with Crippen LogP contribution in [0.15, 0.2) is 54.0 Å². The van der Waals surface area contributed by atoms with E-state index in [1.165, 1.54) is 29.5 Å². The minimum atomic E-state index is -0.697. The predicted octanol–water partition coefficient (Wildman–Crippen LogP) is 4.34. The van der Waals surface area contributed by atoms with E-state index in [9.17, 15) is 18.0 Å². The Hall–Kier alpha value is -3.13. The quantitative estimate of drug-likeness (QED) is 0.541. The molecule has 0 radical (unpaired) electrons. The molecule has 2 aromatic carbocycles. The highest BCUT2D eigenvalue weighted by molar-refractivity contribution is 7.15. The summed E-state index contributed by atoms with van der Waals surface area (Å²) in [6.07, 6.45) is 1.81. The van der Waals surface area contributed by atoms with Crippen molar-refractivity contribution in [2.45, 2.75) is 13.0 Å². The number of thiazole rings is 1. The maximum atomic E-state index is 13.6. The van der Waals surface area contributed by atoms with Crippen molar-refractivity contribution in [2.24, 2.45) is 0 Å². The van der Waals surface area contributed by atoms with E-state index in [4.69, 9.17) is 0 Å². The van der Waals surface area contributed by atoms with Gasteiger partial charge in [-0.05, 0) is 36.4 Å². The van der Waals surface area contributed by atoms with Gasteiger partial charge >= 0.3 is 0 Å². The zero-order valence-corrected chi connectivity index (χ0v) is 15.3. The molecule has 4 aromatic rings. The van der Waals surface area contributed by atoms with Gasteiger partial charge in [0.25, 0.3) is 0 Å². The van der Waals surface area contributed by atoms with Crippen LogP contribution in [0, 0.1) is 17.5 Å². The van der Waals surface area contributed by atoms with Gasteiger partial charge in [0, 0.05) is 34.9 Å². The summed E-state index contributed by atoms with van der Waals surface area (Å²) in [5.41, 5.74) is 1.96. The van der Waals surface area contributed by atoms with Crippen molar-refractivity contribution in [1.82, 2.24) is 14.7 Å². The number of nitrogens with one attached hydrogen (secondary N) is 1. The van der Waals surface area contributed by atoms with Crippen LogP contribution in [0.25, 0.3) is 16.2 Å². The number of imidazole rings is 1. The molecule has 0 aliphatic rings. The topological polar surface area (TPSA) is 46.4 Å². The highest BCUT2D eigenvalue weighted by atomic mass is 32.1. The Balaban J connectivity index is 1.48. The van der Waals surface area contributed by atoms with Gasteiger partial charge in [-0.15, -0.1) is 11.3 Å². The molecule has 0 saturated heterocycles. The minimum Gasteiger partial charge on any atom is -0.351 e. The molecule has 28 heavy (non-hydrogen) atoms. The molecule has 0 bridgehead atoms. The Morgan fingerprint density at radius 1 is 1.07 bits per heavy atom. The van der Waals surface area contributed by atoms with Gasteiger partial charge in [-0.3, -0.25) is 9.20 Å². The first-order valence-electron chi connectivity index (χ1n) is 8.42. The smallest absolute Gasteiger partial charge is 0.226 e. The fourth-order valence-corrected chi connectivity index (χ4v) is 3.70. The van der Waals surface area contributed by atoms with E-state index in [1.54, 1.807) is 28.1 Å². The Bertz CT molecular complexity index is 1130. The molecule has 8 heteroatoms. The molecule has 142 valence electrons. The number of hydrogen-bond donors (Lipinski definition) is 1. The van der Waals surface area contributed by atoms with E-state index >= 15 is 0 Å². The number of fused-ring (bicyclic) bond motifs is 1. The van der Waals surface area contributed by atoms with Crippen molar-refractivity contribution < 1.29 is 18.0 Å². The molecule has 0 atom stereocenters. The molecule has 0 spiro atoms. The average Bonchev–Trinajstić information content (AvgIpc) is 3.24. The van der Waals surface area contributed by atoms with Gasteiger partial charge in [0.05, 0.1) is 12.1 Å². The standard InChI is InChI=1S/C20H14F3N3OS/c21-13-6-4-12(5-7-13)18-10-26-14(11-28-20(26)25-18)8-19(27)24-9-15-16(22)2-1-3-17(15)23/h1-7,10-11H,8-9H2,(H,24,27). The lowest BCUT2D eigenvalue weighted by Crippen LogP contribution is -2.26. The van der Waals surface area contributed by atoms with Gasteiger partial charge in [0.1, 0.15) is 17.5 Å². The summed E-state index contributed by atoms with van der Waals surface area (Å²) in [5.74, 6) is -2.08. The predicted molar refractivity (Wildman–Crippen MR) is 100 cm³/mol. The number of carbonyl (C=O) groups is 1. The van der Waals surface area contributed by atoms with Crippen molar-refractivity contribution in [3.8, 4) is 11.3 Å². The van der Waals surface area contributed by atoms with Gasteiger partial charge in [-0.25, -0.2) is 18.2 Å². The zero-order chi connectivity index (χ0) is 19.7. The normalized spacial score (nSPS) is 11.1. The second kappa shape index (κ2) is 7.47. The fraction of sp³-hybridized carbons (Fsp3) is 0.100. The maximum Gasteiger partial charge on any atom is 0.226 e. The van der Waals surface area contributed by atoms with E-state index in [0.717, 1.165) is 17.7 Å². The first-order chi connectivity index (χ1) is 13.5. The summed E-state index contributed by atoms with van der Waals surface area (Å²) < 4.78 is 42.2. The molecule has 0 aliphatic carbocycles. The van der Waals surface area contributed by atoms with Gasteiger partial charge in [-0.1, -0.05) is 6.07 Å². The lowest BCUT2D eigenvalue weighted by atomic mass is 10.2. The summed E-state index contributed by atoms with van der Waals surface area (Å²) >= 11 is 1.37. The molecule has 4 rings (SSSR count). The van der Waals surface area contributed by atoms with Crippen LogP contribution in [0.4, 0.5) is 13.2 Å². The lowest BCUT2D eigenvalue weighted by Gasteiger charge is -2.07. The van der Waals surface area contributed by atoms with Crippen molar-refractivity contribution >= 4 is 22.2 Å². The summed E-state index contributed by atoms with van der Waals surface area (Å²) in [5, 5.41) is 4.34. The SMILES string of the molecule is O=C(Cc1csc2nc(-c3ccc(F)cc3)cn12)NCc1c(F)cccc1F. The van der Waals surface area contributed by atoms with Crippen molar-refractivity contribution in [3.63, 3.8) is 0 Å². The number of amides is 1. The molecule has 2 heterocycles. The van der Waals surface area contributed by atoms with E-state index in [-0.39, 0.29) is 30.3 Å². The Morgan fingerprint density at radius 2 is 1.79 bits per heavy atom. The Kier molecular flexibility index (Phi) is 4.87. The number of aromatic nitrogens is 2. The summed E-state index contributed by atoms with van der Waals surface area (Å²) in [7, 11) is 0. The molecule has 0 aliphatic heterocycles.